The number of benzene rings is 12. The molecule has 126 heavy (non-hydrogen) atoms. The molecular weight excluding hydrogens is 1690 g/mol. The van der Waals surface area contributed by atoms with E-state index in [0.29, 0.717) is 0 Å². The maximum Gasteiger partial charge on any atom is 0.0391 e. The summed E-state index contributed by atoms with van der Waals surface area (Å²) in [5, 5.41) is 14.4. The molecule has 0 atom stereocenters. The molecule has 9 heteroatoms. The van der Waals surface area contributed by atoms with Gasteiger partial charge in [-0.25, -0.2) is 0 Å². The molecule has 0 fully saturated rings. The fraction of sp³-hybridized carbons (Fsp3) is 0.0256. The third kappa shape index (κ3) is 25.1. The first-order valence-corrected chi connectivity index (χ1v) is 51.1. The summed E-state index contributed by atoms with van der Waals surface area (Å²) >= 11 is 11.0. The van der Waals surface area contributed by atoms with Crippen LogP contribution in [0, 0.1) is 0 Å². The Bertz CT molecular complexity index is 6020. The van der Waals surface area contributed by atoms with Gasteiger partial charge in [0.1, 0.15) is 0 Å². The molecular formula is C117H93P3S6. The quantitative estimate of drug-likeness (QED) is 0.0356. The van der Waals surface area contributed by atoms with Crippen molar-refractivity contribution in [1.29, 1.82) is 0 Å². The largest absolute Gasteiger partial charge is 0.144 e. The maximum atomic E-state index is 2.33. The van der Waals surface area contributed by atoms with Crippen molar-refractivity contribution in [2.75, 3.05) is 0 Å². The van der Waals surface area contributed by atoms with Gasteiger partial charge in [-0.2, -0.15) is 0 Å². The summed E-state index contributed by atoms with van der Waals surface area (Å²) in [5.74, 6) is 0. The topological polar surface area (TPSA) is 0 Å². The lowest BCUT2D eigenvalue weighted by molar-refractivity contribution is 1.57. The number of rotatable bonds is 27. The van der Waals surface area contributed by atoms with Crippen LogP contribution in [-0.2, 0) is 0 Å². The van der Waals surface area contributed by atoms with E-state index >= 15 is 0 Å². The van der Waals surface area contributed by atoms with Crippen molar-refractivity contribution < 1.29 is 0 Å². The summed E-state index contributed by atoms with van der Waals surface area (Å²) < 4.78 is 4.30. The fourth-order valence-electron chi connectivity index (χ4n) is 14.3. The lowest BCUT2D eigenvalue weighted by Crippen LogP contribution is -2.20. The van der Waals surface area contributed by atoms with Crippen LogP contribution in [0.5, 0.6) is 0 Å². The van der Waals surface area contributed by atoms with E-state index in [1.54, 1.807) is 34.0 Å². The lowest BCUT2D eigenvalue weighted by Gasteiger charge is -2.20. The van der Waals surface area contributed by atoms with Crippen molar-refractivity contribution in [3.05, 3.63) is 513 Å². The summed E-state index contributed by atoms with van der Waals surface area (Å²) in [7, 11) is -2.05. The van der Waals surface area contributed by atoms with Crippen molar-refractivity contribution in [1.82, 2.24) is 0 Å². The zero-order valence-corrected chi connectivity index (χ0v) is 77.9. The highest BCUT2D eigenvalue weighted by molar-refractivity contribution is 7.91. The number of hydrogen-bond acceptors (Lipinski definition) is 6. The van der Waals surface area contributed by atoms with Gasteiger partial charge in [0, 0.05) is 51.0 Å². The molecule has 0 amide bonds. The SMILES string of the molecule is C(=C\c1ccc(P(c2ccc(/C=C/c3ccccc3)s2)c2ccc(/C=C/c3ccccc3)s2)s1)/c1ccccc1.C(=C\c1cccs1)/c1ccc(P(c2ccc(/C=C/c3cccs3)cc2)c2ccc(/C=C/c3cccs3)cc2)cc1.C/C(=C\c1ccc(P(c2ccc(/C=C(\C)c3ccccc3)cc2)c2ccc(/C=C(\C)c3ccccc3)cc2)cc1)c1ccccc1. The normalized spacial score (nSPS) is 12.1. The van der Waals surface area contributed by atoms with Crippen LogP contribution in [0.4, 0.5) is 0 Å². The van der Waals surface area contributed by atoms with E-state index < -0.39 is 23.8 Å². The van der Waals surface area contributed by atoms with Gasteiger partial charge in [-0.05, 0) is 259 Å². The third-order valence-corrected chi connectivity index (χ3v) is 35.1. The van der Waals surface area contributed by atoms with Crippen LogP contribution >= 0.6 is 91.8 Å². The van der Waals surface area contributed by atoms with Gasteiger partial charge in [0.25, 0.3) is 0 Å². The molecule has 0 aliphatic carbocycles. The molecule has 0 N–H and O–H groups in total. The standard InChI is InChI=1S/C45H39P.2C36H27PS3/c1-34(40-13-7-4-8-14-40)31-37-19-25-43(26-20-37)46(44-27-21-38(22-28-44)32-35(2)41-15-9-5-10-16-41)45-29-23-39(24-30-45)33-36(3)42-17-11-6-12-18-42;1-4-34(38-25-1)22-13-28-7-16-31(17-8-28)37(32-18-9-29(10-19-32)14-23-35-5-2-26-39-35)33-20-11-30(12-21-33)15-24-36-6-3-27-40-36;1-4-10-28(11-5-1)16-19-31-22-25-34(38-31)37(35-26-23-32(39-35)20-17-29-12-6-2-7-13-29)36-27-24-33(40-36)21-18-30-14-8-3-9-15-30/h4-33H,1-3H3;2*1-27H/b34-31+,35-32+,36-33+;22-13+,23-14+,24-15+;19-16+,20-17+,21-18+. The van der Waals surface area contributed by atoms with E-state index in [4.69, 9.17) is 0 Å². The minimum absolute atomic E-state index is 0.625. The average Bonchev–Trinajstić information content (AvgIpc) is 1.52. The van der Waals surface area contributed by atoms with Crippen LogP contribution in [0.25, 0.3) is 108 Å². The molecule has 6 heterocycles. The first-order valence-electron chi connectivity index (χ1n) is 42.0. The van der Waals surface area contributed by atoms with Crippen molar-refractivity contribution >= 4 is 245 Å². The van der Waals surface area contributed by atoms with Crippen LogP contribution in [-0.4, -0.2) is 0 Å². The Morgan fingerprint density at radius 3 is 0.603 bits per heavy atom. The van der Waals surface area contributed by atoms with Gasteiger partial charge in [0.2, 0.25) is 0 Å². The van der Waals surface area contributed by atoms with Gasteiger partial charge < -0.3 is 0 Å². The molecule has 0 saturated carbocycles. The lowest BCUT2D eigenvalue weighted by atomic mass is 10.0. The summed E-state index contributed by atoms with van der Waals surface area (Å²) in [6.45, 7) is 6.55. The third-order valence-electron chi connectivity index (χ3n) is 20.9. The van der Waals surface area contributed by atoms with E-state index in [-0.39, 0.29) is 0 Å². The molecule has 0 radical (unpaired) electrons. The number of hydrogen-bond donors (Lipinski definition) is 0. The second-order valence-electron chi connectivity index (χ2n) is 29.9. The summed E-state index contributed by atoms with van der Waals surface area (Å²) in [4.78, 5) is 7.67. The summed E-state index contributed by atoms with van der Waals surface area (Å²) in [5.41, 5.74) is 18.5. The first kappa shape index (κ1) is 87.3. The highest BCUT2D eigenvalue weighted by Crippen LogP contribution is 2.42. The summed E-state index contributed by atoms with van der Waals surface area (Å²) in [6, 6.07) is 145. The summed E-state index contributed by atoms with van der Waals surface area (Å²) in [6.07, 6.45) is 33.3. The molecule has 0 unspecified atom stereocenters. The molecule has 12 aromatic carbocycles. The zero-order chi connectivity index (χ0) is 85.7. The minimum atomic E-state index is -0.738. The first-order chi connectivity index (χ1) is 62.1. The molecule has 0 saturated heterocycles. The molecule has 6 aromatic heterocycles. The predicted molar refractivity (Wildman–Crippen MR) is 575 cm³/mol. The van der Waals surface area contributed by atoms with E-state index in [1.807, 2.05) is 34.0 Å². The highest BCUT2D eigenvalue weighted by Gasteiger charge is 2.24. The van der Waals surface area contributed by atoms with Gasteiger partial charge in [0.05, 0.1) is 0 Å². The van der Waals surface area contributed by atoms with Crippen LogP contribution < -0.4 is 45.7 Å². The molecule has 18 rings (SSSR count). The Hall–Kier alpha value is -12.2. The van der Waals surface area contributed by atoms with E-state index in [0.717, 1.165) is 0 Å². The molecule has 0 aliphatic rings. The Labute approximate surface area is 771 Å². The smallest absolute Gasteiger partial charge is 0.0391 e. The Morgan fingerprint density at radius 2 is 0.381 bits per heavy atom. The second kappa shape index (κ2) is 45.1. The van der Waals surface area contributed by atoms with Gasteiger partial charge in [0.15, 0.2) is 0 Å². The van der Waals surface area contributed by atoms with Gasteiger partial charge in [-0.1, -0.05) is 400 Å². The zero-order valence-electron chi connectivity index (χ0n) is 70.3. The molecule has 18 aromatic rings. The second-order valence-corrected chi connectivity index (χ2v) is 43.7. The van der Waals surface area contributed by atoms with Crippen molar-refractivity contribution in [3.63, 3.8) is 0 Å². The van der Waals surface area contributed by atoms with Crippen LogP contribution in [0.15, 0.2) is 417 Å². The molecule has 0 spiro atoms. The van der Waals surface area contributed by atoms with Gasteiger partial charge in [-0.3, -0.25) is 0 Å². The van der Waals surface area contributed by atoms with Crippen LogP contribution in [0.3, 0.4) is 0 Å². The van der Waals surface area contributed by atoms with Crippen molar-refractivity contribution in [2.24, 2.45) is 0 Å². The fourth-order valence-corrected chi connectivity index (χ4v) is 28.2. The van der Waals surface area contributed by atoms with Gasteiger partial charge in [-0.15, -0.1) is 68.0 Å². The van der Waals surface area contributed by atoms with E-state index in [9.17, 15) is 0 Å². The average molecular weight is 1780 g/mol. The van der Waals surface area contributed by atoms with Crippen molar-refractivity contribution in [2.45, 2.75) is 20.8 Å². The highest BCUT2D eigenvalue weighted by atomic mass is 32.1. The van der Waals surface area contributed by atoms with Crippen molar-refractivity contribution in [3.8, 4) is 0 Å². The molecule has 0 nitrogen and oxygen atoms in total. The Morgan fingerprint density at radius 1 is 0.175 bits per heavy atom. The van der Waals surface area contributed by atoms with Crippen LogP contribution in [0.1, 0.15) is 117 Å². The van der Waals surface area contributed by atoms with E-state index in [2.05, 4.69) is 528 Å². The monoisotopic (exact) mass is 1780 g/mol. The minimum Gasteiger partial charge on any atom is -0.144 e. The number of thiophene rings is 6. The predicted octanol–water partition coefficient (Wildman–Crippen LogP) is 31.4. The molecule has 0 bridgehead atoms. The maximum absolute atomic E-state index is 2.33. The van der Waals surface area contributed by atoms with E-state index in [1.165, 1.54) is 158 Å². The molecule has 0 aliphatic heterocycles. The Kier molecular flexibility index (Phi) is 31.2. The Balaban J connectivity index is 0.000000140. The number of allylic oxidation sites excluding steroid dienone is 3. The van der Waals surface area contributed by atoms with Gasteiger partial charge >= 0.3 is 0 Å². The molecule has 612 valence electrons. The van der Waals surface area contributed by atoms with Crippen LogP contribution in [0.2, 0.25) is 0 Å².